The summed E-state index contributed by atoms with van der Waals surface area (Å²) in [5.41, 5.74) is 0. The molecule has 2 nitrogen and oxygen atoms in total. The number of rotatable bonds is 15. The molecule has 1 aromatic carbocycles. The fourth-order valence-corrected chi connectivity index (χ4v) is 6.17. The summed E-state index contributed by atoms with van der Waals surface area (Å²) in [5, 5.41) is 0. The van der Waals surface area contributed by atoms with E-state index in [0.717, 1.165) is 48.4 Å². The van der Waals surface area contributed by atoms with Gasteiger partial charge in [-0.3, -0.25) is 0 Å². The van der Waals surface area contributed by atoms with Crippen LogP contribution in [-0.4, -0.2) is 13.2 Å². The molecule has 188 valence electrons. The van der Waals surface area contributed by atoms with Gasteiger partial charge in [-0.1, -0.05) is 97.3 Å². The van der Waals surface area contributed by atoms with Gasteiger partial charge in [0.05, 0.1) is 13.2 Å². The Morgan fingerprint density at radius 1 is 0.545 bits per heavy atom. The van der Waals surface area contributed by atoms with Crippen LogP contribution in [0, 0.1) is 23.7 Å². The van der Waals surface area contributed by atoms with E-state index >= 15 is 0 Å². The van der Waals surface area contributed by atoms with Crippen LogP contribution < -0.4 is 9.47 Å². The number of hydrogen-bond acceptors (Lipinski definition) is 2. The lowest BCUT2D eigenvalue weighted by molar-refractivity contribution is 0.177. The maximum atomic E-state index is 6.12. The monoisotopic (exact) mass is 456 g/mol. The van der Waals surface area contributed by atoms with Crippen LogP contribution in [0.4, 0.5) is 0 Å². The lowest BCUT2D eigenvalue weighted by atomic mass is 9.78. The van der Waals surface area contributed by atoms with Crippen molar-refractivity contribution in [1.29, 1.82) is 0 Å². The second-order valence-electron chi connectivity index (χ2n) is 11.2. The summed E-state index contributed by atoms with van der Waals surface area (Å²) in [6, 6.07) is 8.34. The molecule has 0 spiro atoms. The van der Waals surface area contributed by atoms with Crippen molar-refractivity contribution in [3.63, 3.8) is 0 Å². The van der Waals surface area contributed by atoms with Gasteiger partial charge in [0.2, 0.25) is 0 Å². The molecule has 0 aromatic heterocycles. The van der Waals surface area contributed by atoms with Crippen LogP contribution in [0.3, 0.4) is 0 Å². The number of hydrogen-bond donors (Lipinski definition) is 0. The Hall–Kier alpha value is -1.18. The van der Waals surface area contributed by atoms with Gasteiger partial charge in [-0.05, 0) is 73.6 Å². The summed E-state index contributed by atoms with van der Waals surface area (Å²) in [7, 11) is 0. The minimum absolute atomic E-state index is 0.741. The molecule has 0 atom stereocenters. The molecule has 33 heavy (non-hydrogen) atoms. The van der Waals surface area contributed by atoms with E-state index in [1.54, 1.807) is 0 Å². The van der Waals surface area contributed by atoms with Crippen molar-refractivity contribution in [3.8, 4) is 11.5 Å². The lowest BCUT2D eigenvalue weighted by Gasteiger charge is -2.28. The third-order valence-corrected chi connectivity index (χ3v) is 8.43. The molecule has 0 heterocycles. The first-order valence-corrected chi connectivity index (χ1v) is 14.6. The molecule has 0 bridgehead atoms. The summed E-state index contributed by atoms with van der Waals surface area (Å²) in [6.07, 6.45) is 23.7. The van der Waals surface area contributed by atoms with E-state index in [1.165, 1.54) is 109 Å². The Kier molecular flexibility index (Phi) is 12.5. The first kappa shape index (κ1) is 26.4. The smallest absolute Gasteiger partial charge is 0.119 e. The van der Waals surface area contributed by atoms with Gasteiger partial charge in [0.25, 0.3) is 0 Å². The summed E-state index contributed by atoms with van der Waals surface area (Å²) in [5.74, 6) is 5.65. The summed E-state index contributed by atoms with van der Waals surface area (Å²) >= 11 is 0. The minimum Gasteiger partial charge on any atom is -0.494 e. The second kappa shape index (κ2) is 15.7. The third kappa shape index (κ3) is 10.3. The quantitative estimate of drug-likeness (QED) is 0.245. The van der Waals surface area contributed by atoms with Crippen molar-refractivity contribution >= 4 is 0 Å². The molecule has 0 saturated heterocycles. The Morgan fingerprint density at radius 3 is 1.64 bits per heavy atom. The Morgan fingerprint density at radius 2 is 1.06 bits per heavy atom. The van der Waals surface area contributed by atoms with Crippen LogP contribution in [0.15, 0.2) is 24.3 Å². The molecule has 0 radical (unpaired) electrons. The lowest BCUT2D eigenvalue weighted by Crippen LogP contribution is -2.20. The molecule has 0 N–H and O–H groups in total. The maximum Gasteiger partial charge on any atom is 0.119 e. The summed E-state index contributed by atoms with van der Waals surface area (Å²) < 4.78 is 12.1. The zero-order valence-electron chi connectivity index (χ0n) is 21.9. The van der Waals surface area contributed by atoms with Crippen molar-refractivity contribution in [1.82, 2.24) is 0 Å². The molecule has 2 fully saturated rings. The normalized spacial score (nSPS) is 25.6. The van der Waals surface area contributed by atoms with Crippen molar-refractivity contribution in [2.45, 2.75) is 123 Å². The predicted molar refractivity (Wildman–Crippen MR) is 141 cm³/mol. The van der Waals surface area contributed by atoms with Crippen LogP contribution in [-0.2, 0) is 0 Å². The van der Waals surface area contributed by atoms with Gasteiger partial charge >= 0.3 is 0 Å². The largest absolute Gasteiger partial charge is 0.494 e. The van der Waals surface area contributed by atoms with Crippen molar-refractivity contribution in [3.05, 3.63) is 24.3 Å². The zero-order chi connectivity index (χ0) is 23.1. The topological polar surface area (TPSA) is 18.5 Å². The summed E-state index contributed by atoms with van der Waals surface area (Å²) in [4.78, 5) is 0. The van der Waals surface area contributed by atoms with E-state index in [2.05, 4.69) is 38.1 Å². The standard InChI is InChI=1S/C31H52O2/c1-3-5-6-7-10-27-16-18-29(19-17-27)25-33-31-22-20-30(21-23-31)32-24-8-11-28-14-12-26(9-4-2)13-15-28/h20-23,26-29H,3-19,24-25H2,1-2H3/t26-,27-,28-,29-. The fraction of sp³-hybridized carbons (Fsp3) is 0.806. The van der Waals surface area contributed by atoms with Gasteiger partial charge in [-0.2, -0.15) is 0 Å². The molecular weight excluding hydrogens is 404 g/mol. The highest BCUT2D eigenvalue weighted by molar-refractivity contribution is 5.31. The molecule has 2 heteroatoms. The van der Waals surface area contributed by atoms with Gasteiger partial charge in [0.15, 0.2) is 0 Å². The highest BCUT2D eigenvalue weighted by atomic mass is 16.5. The van der Waals surface area contributed by atoms with Gasteiger partial charge in [-0.25, -0.2) is 0 Å². The van der Waals surface area contributed by atoms with Crippen LogP contribution in [0.25, 0.3) is 0 Å². The molecule has 1 aromatic rings. The molecule has 3 rings (SSSR count). The van der Waals surface area contributed by atoms with E-state index in [4.69, 9.17) is 9.47 Å². The minimum atomic E-state index is 0.741. The molecule has 0 aliphatic heterocycles. The highest BCUT2D eigenvalue weighted by Gasteiger charge is 2.22. The van der Waals surface area contributed by atoms with Crippen molar-refractivity contribution in [2.75, 3.05) is 13.2 Å². The maximum absolute atomic E-state index is 6.12. The summed E-state index contributed by atoms with van der Waals surface area (Å²) in [6.45, 7) is 6.34. The average Bonchev–Trinajstić information content (AvgIpc) is 2.86. The van der Waals surface area contributed by atoms with E-state index < -0.39 is 0 Å². The van der Waals surface area contributed by atoms with Gasteiger partial charge in [0, 0.05) is 0 Å². The Bertz CT molecular complexity index is 594. The molecule has 2 aliphatic rings. The van der Waals surface area contributed by atoms with Gasteiger partial charge in [-0.15, -0.1) is 0 Å². The third-order valence-electron chi connectivity index (χ3n) is 8.43. The number of benzene rings is 1. The second-order valence-corrected chi connectivity index (χ2v) is 11.2. The van der Waals surface area contributed by atoms with Crippen LogP contribution in [0.1, 0.15) is 123 Å². The molecule has 2 saturated carbocycles. The van der Waals surface area contributed by atoms with Gasteiger partial charge in [0.1, 0.15) is 11.5 Å². The van der Waals surface area contributed by atoms with Crippen molar-refractivity contribution < 1.29 is 9.47 Å². The zero-order valence-corrected chi connectivity index (χ0v) is 21.9. The van der Waals surface area contributed by atoms with E-state index in [1.807, 2.05) is 0 Å². The van der Waals surface area contributed by atoms with Crippen molar-refractivity contribution in [2.24, 2.45) is 23.7 Å². The fourth-order valence-electron chi connectivity index (χ4n) is 6.17. The predicted octanol–water partition coefficient (Wildman–Crippen LogP) is 9.61. The Labute approximate surface area is 205 Å². The first-order chi connectivity index (χ1) is 16.3. The van der Waals surface area contributed by atoms with E-state index in [0.29, 0.717) is 0 Å². The van der Waals surface area contributed by atoms with Crippen LogP contribution in [0.5, 0.6) is 11.5 Å². The number of ether oxygens (including phenoxy) is 2. The van der Waals surface area contributed by atoms with Crippen LogP contribution in [0.2, 0.25) is 0 Å². The highest BCUT2D eigenvalue weighted by Crippen LogP contribution is 2.34. The molecular formula is C31H52O2. The SMILES string of the molecule is CCCCCC[C@H]1CC[C@H](COc2ccc(OCCC[C@H]3CC[C@H](CCC)CC3)cc2)CC1. The first-order valence-electron chi connectivity index (χ1n) is 14.6. The molecule has 0 amide bonds. The molecule has 0 unspecified atom stereocenters. The van der Waals surface area contributed by atoms with Gasteiger partial charge < -0.3 is 9.47 Å². The Balaban J connectivity index is 1.22. The average molecular weight is 457 g/mol. The van der Waals surface area contributed by atoms with Crippen LogP contribution >= 0.6 is 0 Å². The van der Waals surface area contributed by atoms with E-state index in [9.17, 15) is 0 Å². The number of unbranched alkanes of at least 4 members (excludes halogenated alkanes) is 3. The molecule has 2 aliphatic carbocycles. The van der Waals surface area contributed by atoms with E-state index in [-0.39, 0.29) is 0 Å².